The summed E-state index contributed by atoms with van der Waals surface area (Å²) < 4.78 is 0. The highest BCUT2D eigenvalue weighted by atomic mass is 35.5. The predicted octanol–water partition coefficient (Wildman–Crippen LogP) is 2.70. The van der Waals surface area contributed by atoms with Crippen molar-refractivity contribution in [2.45, 2.75) is 0 Å². The first-order chi connectivity index (χ1) is 18.4. The Kier molecular flexibility index (Phi) is 8.46. The van der Waals surface area contributed by atoms with Crippen LogP contribution in [0.1, 0.15) is 0 Å². The molecule has 0 amide bonds. The Morgan fingerprint density at radius 2 is 1.74 bits per heavy atom. The second kappa shape index (κ2) is 12.0. The lowest BCUT2D eigenvalue weighted by Gasteiger charge is -2.36. The monoisotopic (exact) mass is 569 g/mol. The number of nitrogen functional groups attached to an aromatic ring is 1. The molecule has 0 radical (unpaired) electrons. The van der Waals surface area contributed by atoms with Crippen molar-refractivity contribution in [2.24, 2.45) is 5.84 Å². The van der Waals surface area contributed by atoms with Crippen molar-refractivity contribution in [3.05, 3.63) is 69.9 Å². The Bertz CT molecular complexity index is 1500. The number of nitro groups is 1. The van der Waals surface area contributed by atoms with Crippen molar-refractivity contribution in [1.29, 1.82) is 0 Å². The first-order valence-corrected chi connectivity index (χ1v) is 12.3. The molecule has 0 aliphatic carbocycles. The zero-order valence-corrected chi connectivity index (χ0v) is 21.9. The molecular weight excluding hydrogens is 546 g/mol. The molecule has 0 unspecified atom stereocenters. The first-order valence-electron chi connectivity index (χ1n) is 11.5. The van der Waals surface area contributed by atoms with Gasteiger partial charge in [-0.2, -0.15) is 15.0 Å². The van der Waals surface area contributed by atoms with Crippen molar-refractivity contribution >= 4 is 74.7 Å². The molecule has 39 heavy (non-hydrogen) atoms. The van der Waals surface area contributed by atoms with Crippen LogP contribution in [0.3, 0.4) is 0 Å². The lowest BCUT2D eigenvalue weighted by Crippen LogP contribution is -2.50. The third-order valence-electron chi connectivity index (χ3n) is 5.88. The molecule has 1 aliphatic heterocycles. The Labute approximate surface area is 232 Å². The van der Waals surface area contributed by atoms with E-state index in [0.717, 1.165) is 16.6 Å². The number of aromatic nitrogens is 4. The number of halogens is 1. The third-order valence-corrected chi connectivity index (χ3v) is 6.48. The van der Waals surface area contributed by atoms with Crippen molar-refractivity contribution in [1.82, 2.24) is 24.8 Å². The van der Waals surface area contributed by atoms with Crippen LogP contribution in [0.15, 0.2) is 54.7 Å². The van der Waals surface area contributed by atoms with Crippen molar-refractivity contribution < 1.29 is 10.4 Å². The number of nitrogens with two attached hydrogens (primary N) is 1. The molecule has 1 aliphatic rings. The second-order valence-electron chi connectivity index (χ2n) is 8.28. The number of thiocarbonyl (C=S) groups is 1. The molecule has 202 valence electrons. The zero-order chi connectivity index (χ0) is 26.6. The van der Waals surface area contributed by atoms with Crippen molar-refractivity contribution in [2.75, 3.05) is 47.1 Å². The fourth-order valence-corrected chi connectivity index (χ4v) is 4.42. The molecule has 1 fully saturated rings. The van der Waals surface area contributed by atoms with Crippen LogP contribution in [0.2, 0.25) is 5.02 Å². The molecule has 1 saturated heterocycles. The Balaban J connectivity index is 0.00000353. The normalized spacial score (nSPS) is 13.0. The van der Waals surface area contributed by atoms with Crippen LogP contribution >= 0.6 is 23.8 Å². The molecule has 3 heterocycles. The highest BCUT2D eigenvalue weighted by molar-refractivity contribution is 7.80. The molecule has 0 bridgehead atoms. The molecule has 2 aromatic heterocycles. The van der Waals surface area contributed by atoms with Gasteiger partial charge in [0.25, 0.3) is 5.69 Å². The van der Waals surface area contributed by atoms with Crippen molar-refractivity contribution in [3.63, 3.8) is 0 Å². The number of fused-ring (bicyclic) bond motifs is 1. The van der Waals surface area contributed by atoms with Gasteiger partial charge in [0.2, 0.25) is 17.8 Å². The van der Waals surface area contributed by atoms with Crippen molar-refractivity contribution in [3.8, 4) is 0 Å². The van der Waals surface area contributed by atoms with E-state index in [4.69, 9.17) is 29.7 Å². The topological polar surface area (TPSA) is 195 Å². The number of pyridine rings is 1. The van der Waals surface area contributed by atoms with E-state index < -0.39 is 4.92 Å². The quantitative estimate of drug-likeness (QED) is 0.115. The number of anilines is 5. The van der Waals surface area contributed by atoms with Gasteiger partial charge in [0.05, 0.1) is 16.1 Å². The lowest BCUT2D eigenvalue weighted by molar-refractivity contribution is -0.384. The molecule has 2 aromatic carbocycles. The van der Waals surface area contributed by atoms with Crippen LogP contribution in [0.25, 0.3) is 10.9 Å². The van der Waals surface area contributed by atoms with Gasteiger partial charge < -0.3 is 25.9 Å². The highest BCUT2D eigenvalue weighted by Crippen LogP contribution is 2.25. The van der Waals surface area contributed by atoms with Gasteiger partial charge in [-0.1, -0.05) is 11.6 Å². The zero-order valence-electron chi connectivity index (χ0n) is 20.3. The molecule has 16 heteroatoms. The SMILES string of the molecule is NNc1nc(Nc2ccc([N+](=O)[O-])cc2)nc(N2CCN(C(=S)Nc3ccnc4cc(Cl)ccc34)CC2)n1.O. The number of nitrogens with zero attached hydrogens (tertiary/aromatic N) is 7. The van der Waals surface area contributed by atoms with E-state index >= 15 is 0 Å². The number of nitro benzene ring substituents is 1. The number of benzene rings is 2. The summed E-state index contributed by atoms with van der Waals surface area (Å²) in [6, 6.07) is 13.4. The molecule has 7 N–H and O–H groups in total. The maximum atomic E-state index is 10.9. The summed E-state index contributed by atoms with van der Waals surface area (Å²) in [5.74, 6) is 6.45. The number of hydrogen-bond acceptors (Lipinski definition) is 11. The molecular formula is C23H24ClN11O3S. The lowest BCUT2D eigenvalue weighted by atomic mass is 10.2. The fraction of sp³-hybridized carbons (Fsp3) is 0.174. The van der Waals surface area contributed by atoms with E-state index in [0.29, 0.717) is 47.9 Å². The van der Waals surface area contributed by atoms with Crippen LogP contribution in [0, 0.1) is 10.1 Å². The van der Waals surface area contributed by atoms with Gasteiger partial charge in [-0.15, -0.1) is 0 Å². The summed E-state index contributed by atoms with van der Waals surface area (Å²) in [5, 5.41) is 19.4. The predicted molar refractivity (Wildman–Crippen MR) is 154 cm³/mol. The minimum Gasteiger partial charge on any atom is -0.412 e. The number of piperazine rings is 1. The summed E-state index contributed by atoms with van der Waals surface area (Å²) in [4.78, 5) is 32.0. The number of nitrogens with one attached hydrogen (secondary N) is 3. The number of non-ortho nitro benzene ring substituents is 1. The number of rotatable bonds is 6. The van der Waals surface area contributed by atoms with E-state index in [2.05, 4.69) is 40.9 Å². The second-order valence-corrected chi connectivity index (χ2v) is 9.10. The molecule has 0 spiro atoms. The fourth-order valence-electron chi connectivity index (χ4n) is 3.96. The molecule has 0 saturated carbocycles. The van der Waals surface area contributed by atoms with Crippen LogP contribution in [0.4, 0.5) is 34.9 Å². The van der Waals surface area contributed by atoms with Gasteiger partial charge in [-0.05, 0) is 48.6 Å². The van der Waals surface area contributed by atoms with Gasteiger partial charge in [-0.3, -0.25) is 20.5 Å². The van der Waals surface area contributed by atoms with Crippen LogP contribution in [-0.4, -0.2) is 66.5 Å². The molecule has 14 nitrogen and oxygen atoms in total. The van der Waals surface area contributed by atoms with Gasteiger partial charge >= 0.3 is 0 Å². The average Bonchev–Trinajstić information content (AvgIpc) is 2.93. The molecule has 0 atom stereocenters. The maximum absolute atomic E-state index is 10.9. The Hall–Kier alpha value is -4.44. The van der Waals surface area contributed by atoms with E-state index in [1.807, 2.05) is 29.2 Å². The molecule has 4 aromatic rings. The standard InChI is InChI=1S/C23H22ClN11O2S.H2O/c24-14-1-6-17-18(7-8-26-19(17)13-14)28-23(38)34-11-9-33(10-12-34)22-30-20(29-21(31-22)32-25)27-15-2-4-16(5-3-15)35(36)37;/h1-8,13H,9-12,25H2,(H,26,28,38)(H2,27,29,30,31,32);1H2. The van der Waals surface area contributed by atoms with Gasteiger partial charge in [-0.25, -0.2) is 5.84 Å². The summed E-state index contributed by atoms with van der Waals surface area (Å²) >= 11 is 11.8. The highest BCUT2D eigenvalue weighted by Gasteiger charge is 2.22. The number of hydrazine groups is 1. The maximum Gasteiger partial charge on any atom is 0.269 e. The van der Waals surface area contributed by atoms with Crippen LogP contribution < -0.4 is 26.8 Å². The third kappa shape index (κ3) is 6.35. The Morgan fingerprint density at radius 3 is 2.44 bits per heavy atom. The van der Waals surface area contributed by atoms with Gasteiger partial charge in [0, 0.05) is 60.6 Å². The summed E-state index contributed by atoms with van der Waals surface area (Å²) in [6.07, 6.45) is 1.72. The van der Waals surface area contributed by atoms with Gasteiger partial charge in [0.1, 0.15) is 0 Å². The van der Waals surface area contributed by atoms with E-state index in [-0.39, 0.29) is 23.1 Å². The van der Waals surface area contributed by atoms with E-state index in [1.54, 1.807) is 18.3 Å². The minimum atomic E-state index is -0.461. The average molecular weight is 570 g/mol. The summed E-state index contributed by atoms with van der Waals surface area (Å²) in [7, 11) is 0. The van der Waals surface area contributed by atoms with E-state index in [9.17, 15) is 10.1 Å². The first kappa shape index (κ1) is 27.6. The minimum absolute atomic E-state index is 0. The molecule has 5 rings (SSSR count). The summed E-state index contributed by atoms with van der Waals surface area (Å²) in [6.45, 7) is 2.50. The largest absolute Gasteiger partial charge is 0.412 e. The Morgan fingerprint density at radius 1 is 1.03 bits per heavy atom. The summed E-state index contributed by atoms with van der Waals surface area (Å²) in [5.41, 5.74) is 4.67. The smallest absolute Gasteiger partial charge is 0.269 e. The van der Waals surface area contributed by atoms with Crippen LogP contribution in [-0.2, 0) is 0 Å². The number of hydrogen-bond donors (Lipinski definition) is 4. The van der Waals surface area contributed by atoms with Gasteiger partial charge in [0.15, 0.2) is 5.11 Å². The van der Waals surface area contributed by atoms with E-state index in [1.165, 1.54) is 12.1 Å². The van der Waals surface area contributed by atoms with Crippen LogP contribution in [0.5, 0.6) is 0 Å².